The summed E-state index contributed by atoms with van der Waals surface area (Å²) in [5, 5.41) is 15.1. The largest absolute Gasteiger partial charge is 0.394 e. The first-order valence-corrected chi connectivity index (χ1v) is 7.94. The first-order chi connectivity index (χ1) is 10.6. The highest BCUT2D eigenvalue weighted by Gasteiger charge is 2.25. The average Bonchev–Trinajstić information content (AvgIpc) is 2.53. The van der Waals surface area contributed by atoms with E-state index in [2.05, 4.69) is 10.6 Å². The van der Waals surface area contributed by atoms with Crippen LogP contribution in [-0.4, -0.2) is 36.4 Å². The molecule has 0 unspecified atom stereocenters. The third-order valence-electron chi connectivity index (χ3n) is 4.11. The van der Waals surface area contributed by atoms with Crippen molar-refractivity contribution in [1.82, 2.24) is 10.6 Å². The van der Waals surface area contributed by atoms with E-state index in [1.54, 1.807) is 0 Å². The summed E-state index contributed by atoms with van der Waals surface area (Å²) in [6.45, 7) is 4.53. The van der Waals surface area contributed by atoms with Crippen molar-refractivity contribution in [3.8, 4) is 0 Å². The Morgan fingerprint density at radius 1 is 1.36 bits per heavy atom. The molecule has 0 radical (unpaired) electrons. The van der Waals surface area contributed by atoms with Crippen molar-refractivity contribution in [2.75, 3.05) is 13.2 Å². The van der Waals surface area contributed by atoms with Gasteiger partial charge in [-0.05, 0) is 24.3 Å². The van der Waals surface area contributed by atoms with Crippen molar-refractivity contribution in [2.45, 2.75) is 44.9 Å². The van der Waals surface area contributed by atoms with Gasteiger partial charge in [0.25, 0.3) is 0 Å². The van der Waals surface area contributed by atoms with E-state index in [9.17, 15) is 9.90 Å². The summed E-state index contributed by atoms with van der Waals surface area (Å²) in [7, 11) is 0. The van der Waals surface area contributed by atoms with Crippen molar-refractivity contribution in [1.29, 1.82) is 0 Å². The fourth-order valence-corrected chi connectivity index (χ4v) is 2.65. The third kappa shape index (κ3) is 4.71. The van der Waals surface area contributed by atoms with Crippen molar-refractivity contribution >= 4 is 6.03 Å². The fourth-order valence-electron chi connectivity index (χ4n) is 2.65. The van der Waals surface area contributed by atoms with Crippen LogP contribution < -0.4 is 10.6 Å². The predicted octanol–water partition coefficient (Wildman–Crippen LogP) is 2.22. The molecule has 2 rings (SSSR count). The molecule has 0 bridgehead atoms. The quantitative estimate of drug-likeness (QED) is 0.781. The summed E-state index contributed by atoms with van der Waals surface area (Å²) >= 11 is 0. The Hall–Kier alpha value is -1.59. The number of aliphatic hydroxyl groups excluding tert-OH is 1. The third-order valence-corrected chi connectivity index (χ3v) is 4.11. The van der Waals surface area contributed by atoms with Gasteiger partial charge in [-0.2, -0.15) is 0 Å². The maximum Gasteiger partial charge on any atom is 0.315 e. The first-order valence-electron chi connectivity index (χ1n) is 7.94. The van der Waals surface area contributed by atoms with Gasteiger partial charge in [0.15, 0.2) is 0 Å². The van der Waals surface area contributed by atoms with Crippen LogP contribution in [0, 0.1) is 5.92 Å². The zero-order chi connectivity index (χ0) is 15.9. The Kier molecular flexibility index (Phi) is 6.21. The van der Waals surface area contributed by atoms with Gasteiger partial charge in [-0.3, -0.25) is 0 Å². The van der Waals surface area contributed by atoms with Gasteiger partial charge < -0.3 is 20.5 Å². The molecule has 0 aliphatic carbocycles. The Morgan fingerprint density at radius 3 is 2.73 bits per heavy atom. The second kappa shape index (κ2) is 8.15. The van der Waals surface area contributed by atoms with E-state index in [4.69, 9.17) is 4.74 Å². The second-order valence-corrected chi connectivity index (χ2v) is 6.14. The molecule has 5 nitrogen and oxygen atoms in total. The number of ether oxygens (including phenoxy) is 1. The van der Waals surface area contributed by atoms with E-state index in [0.717, 1.165) is 18.4 Å². The summed E-state index contributed by atoms with van der Waals surface area (Å²) in [5.74, 6) is 0.197. The second-order valence-electron chi connectivity index (χ2n) is 6.14. The molecule has 1 saturated heterocycles. The summed E-state index contributed by atoms with van der Waals surface area (Å²) in [6, 6.07) is 9.73. The van der Waals surface area contributed by atoms with Crippen LogP contribution in [0.3, 0.4) is 0 Å². The number of amides is 2. The lowest BCUT2D eigenvalue weighted by Crippen LogP contribution is -2.50. The van der Waals surface area contributed by atoms with Gasteiger partial charge >= 0.3 is 6.03 Å². The zero-order valence-electron chi connectivity index (χ0n) is 13.3. The number of nitrogens with one attached hydrogen (secondary N) is 2. The summed E-state index contributed by atoms with van der Waals surface area (Å²) in [5.41, 5.74) is 1.14. The van der Waals surface area contributed by atoms with Gasteiger partial charge in [-0.15, -0.1) is 0 Å². The van der Waals surface area contributed by atoms with Crippen LogP contribution >= 0.6 is 0 Å². The van der Waals surface area contributed by atoms with E-state index in [1.807, 2.05) is 44.2 Å². The monoisotopic (exact) mass is 306 g/mol. The predicted molar refractivity (Wildman–Crippen MR) is 85.5 cm³/mol. The standard InChI is InChI=1S/C17H26N2O3/c1-12(2)15(11-20)19-17(21)18-14-8-9-22-16(10-14)13-6-4-3-5-7-13/h3-7,12,14-16,20H,8-11H2,1-2H3,(H2,18,19,21)/t14-,15+,16+/m0/s1. The van der Waals surface area contributed by atoms with Crippen molar-refractivity contribution < 1.29 is 14.6 Å². The minimum atomic E-state index is -0.218. The molecular weight excluding hydrogens is 280 g/mol. The van der Waals surface area contributed by atoms with Crippen LogP contribution in [0.1, 0.15) is 38.4 Å². The molecule has 0 saturated carbocycles. The smallest absolute Gasteiger partial charge is 0.315 e. The lowest BCUT2D eigenvalue weighted by atomic mass is 9.97. The van der Waals surface area contributed by atoms with Gasteiger partial charge in [0.1, 0.15) is 0 Å². The van der Waals surface area contributed by atoms with Crippen LogP contribution in [-0.2, 0) is 4.74 Å². The zero-order valence-corrected chi connectivity index (χ0v) is 13.3. The highest BCUT2D eigenvalue weighted by atomic mass is 16.5. The number of carbonyl (C=O) groups excluding carboxylic acids is 1. The maximum absolute atomic E-state index is 12.1. The van der Waals surface area contributed by atoms with Gasteiger partial charge in [0.2, 0.25) is 0 Å². The lowest BCUT2D eigenvalue weighted by molar-refractivity contribution is 0.00212. The molecule has 1 fully saturated rings. The number of urea groups is 1. The molecule has 1 aliphatic heterocycles. The Morgan fingerprint density at radius 2 is 2.09 bits per heavy atom. The topological polar surface area (TPSA) is 70.6 Å². The Bertz CT molecular complexity index is 464. The van der Waals surface area contributed by atoms with Gasteiger partial charge in [-0.25, -0.2) is 4.79 Å². The van der Waals surface area contributed by atoms with Gasteiger partial charge in [0.05, 0.1) is 18.8 Å². The Labute approximate surface area is 132 Å². The number of aliphatic hydroxyl groups is 1. The van der Waals surface area contributed by atoms with Crippen LogP contribution in [0.15, 0.2) is 30.3 Å². The average molecular weight is 306 g/mol. The van der Waals surface area contributed by atoms with E-state index in [0.29, 0.717) is 6.61 Å². The first kappa shape index (κ1) is 16.8. The minimum absolute atomic E-state index is 0.0268. The molecular formula is C17H26N2O3. The summed E-state index contributed by atoms with van der Waals surface area (Å²) < 4.78 is 5.80. The number of hydrogen-bond donors (Lipinski definition) is 3. The Balaban J connectivity index is 1.86. The molecule has 122 valence electrons. The molecule has 2 amide bonds. The lowest BCUT2D eigenvalue weighted by Gasteiger charge is -2.31. The van der Waals surface area contributed by atoms with Crippen molar-refractivity contribution in [2.24, 2.45) is 5.92 Å². The van der Waals surface area contributed by atoms with Crippen LogP contribution in [0.5, 0.6) is 0 Å². The number of rotatable bonds is 5. The molecule has 1 heterocycles. The minimum Gasteiger partial charge on any atom is -0.394 e. The van der Waals surface area contributed by atoms with Crippen LogP contribution in [0.4, 0.5) is 4.79 Å². The van der Waals surface area contributed by atoms with E-state index in [1.165, 1.54) is 0 Å². The van der Waals surface area contributed by atoms with E-state index < -0.39 is 0 Å². The molecule has 3 atom stereocenters. The number of hydrogen-bond acceptors (Lipinski definition) is 3. The van der Waals surface area contributed by atoms with Gasteiger partial charge in [-0.1, -0.05) is 44.2 Å². The highest BCUT2D eigenvalue weighted by Crippen LogP contribution is 2.27. The summed E-state index contributed by atoms with van der Waals surface area (Å²) in [4.78, 5) is 12.1. The molecule has 3 N–H and O–H groups in total. The van der Waals surface area contributed by atoms with Crippen molar-refractivity contribution in [3.05, 3.63) is 35.9 Å². The number of benzene rings is 1. The maximum atomic E-state index is 12.1. The molecule has 22 heavy (non-hydrogen) atoms. The molecule has 1 aromatic carbocycles. The summed E-state index contributed by atoms with van der Waals surface area (Å²) in [6.07, 6.45) is 1.60. The molecule has 0 aromatic heterocycles. The van der Waals surface area contributed by atoms with E-state index >= 15 is 0 Å². The molecule has 1 aliphatic rings. The molecule has 0 spiro atoms. The normalized spacial score (nSPS) is 23.1. The highest BCUT2D eigenvalue weighted by molar-refractivity contribution is 5.74. The number of carbonyl (C=O) groups is 1. The SMILES string of the molecule is CC(C)[C@@H](CO)NC(=O)N[C@H]1CCO[C@@H](c2ccccc2)C1. The van der Waals surface area contributed by atoms with Gasteiger partial charge in [0, 0.05) is 12.6 Å². The molecule has 1 aromatic rings. The van der Waals surface area contributed by atoms with Crippen molar-refractivity contribution in [3.63, 3.8) is 0 Å². The van der Waals surface area contributed by atoms with Crippen LogP contribution in [0.25, 0.3) is 0 Å². The van der Waals surface area contributed by atoms with E-state index in [-0.39, 0.29) is 36.7 Å². The van der Waals surface area contributed by atoms with Crippen LogP contribution in [0.2, 0.25) is 0 Å². The molecule has 5 heteroatoms. The fraction of sp³-hybridized carbons (Fsp3) is 0.588.